The summed E-state index contributed by atoms with van der Waals surface area (Å²) in [5, 5.41) is 32.2. The van der Waals surface area contributed by atoms with Crippen LogP contribution in [0, 0.1) is 29.6 Å². The van der Waals surface area contributed by atoms with Gasteiger partial charge in [-0.3, -0.25) is 0 Å². The summed E-state index contributed by atoms with van der Waals surface area (Å²) in [6, 6.07) is 15.0. The molecule has 1 atom stereocenters. The van der Waals surface area contributed by atoms with Crippen LogP contribution in [0.25, 0.3) is 11.3 Å². The zero-order valence-electron chi connectivity index (χ0n) is 18.7. The normalized spacial score (nSPS) is 16.0. The molecule has 1 aromatic heterocycles. The van der Waals surface area contributed by atoms with Crippen LogP contribution < -0.4 is 10.1 Å². The van der Waals surface area contributed by atoms with Crippen molar-refractivity contribution in [3.8, 4) is 23.4 Å². The van der Waals surface area contributed by atoms with E-state index in [2.05, 4.69) is 27.4 Å². The third-order valence-corrected chi connectivity index (χ3v) is 5.84. The Labute approximate surface area is 205 Å². The van der Waals surface area contributed by atoms with E-state index < -0.39 is 5.41 Å². The second-order valence-electron chi connectivity index (χ2n) is 8.20. The summed E-state index contributed by atoms with van der Waals surface area (Å²) in [5.74, 6) is 0.352. The van der Waals surface area contributed by atoms with Gasteiger partial charge in [-0.1, -0.05) is 13.0 Å². The van der Waals surface area contributed by atoms with Crippen molar-refractivity contribution < 1.29 is 9.90 Å². The molecule has 1 aliphatic heterocycles. The Morgan fingerprint density at radius 2 is 2.06 bits per heavy atom. The predicted octanol–water partition coefficient (Wildman–Crippen LogP) is 2.93. The number of aliphatic hydroxyl groups is 1. The maximum Gasteiger partial charge on any atom is 0.329 e. The lowest BCUT2D eigenvalue weighted by Crippen LogP contribution is -2.36. The lowest BCUT2D eigenvalue weighted by Gasteiger charge is -2.23. The molecule has 169 valence electrons. The topological polar surface area (TPSA) is 126 Å². The largest absolute Gasteiger partial charge is 0.410 e. The molecule has 0 spiro atoms. The first-order valence-electron chi connectivity index (χ1n) is 10.3. The molecule has 3 aromatic rings. The van der Waals surface area contributed by atoms with Crippen molar-refractivity contribution in [2.75, 3.05) is 23.3 Å². The van der Waals surface area contributed by atoms with Crippen LogP contribution >= 0.6 is 13.5 Å². The average molecular weight is 469 g/mol. The van der Waals surface area contributed by atoms with Crippen LogP contribution in [0.15, 0.2) is 42.6 Å². The third kappa shape index (κ3) is 4.47. The summed E-state index contributed by atoms with van der Waals surface area (Å²) < 4.78 is 0. The van der Waals surface area contributed by atoms with Gasteiger partial charge in [0, 0.05) is 35.1 Å². The molecule has 0 bridgehead atoms. The Balaban J connectivity index is 0.00000324. The van der Waals surface area contributed by atoms with Crippen LogP contribution in [0.5, 0.6) is 0 Å². The van der Waals surface area contributed by atoms with Crippen LogP contribution in [-0.4, -0.2) is 41.8 Å². The van der Waals surface area contributed by atoms with Gasteiger partial charge in [0.1, 0.15) is 12.3 Å². The standard InChI is InChI=1S/C24H20BN6O2.H2S/c1-15-3-4-16(10-26)7-21(15)30-23-28-6-5-20(29-23)17-8-18(11-27)22-19(9-17)24(2,13-32)12-31(22)25-14-33;/h3-9,14,32H,12-13H2,1-2H3,(H,28,29,30);1H2/t24-;/m0./s1. The van der Waals surface area contributed by atoms with Crippen molar-refractivity contribution in [3.05, 3.63) is 64.8 Å². The highest BCUT2D eigenvalue weighted by Gasteiger charge is 2.40. The van der Waals surface area contributed by atoms with E-state index in [1.165, 1.54) is 7.41 Å². The maximum absolute atomic E-state index is 11.1. The minimum atomic E-state index is -0.639. The fourth-order valence-electron chi connectivity index (χ4n) is 4.04. The van der Waals surface area contributed by atoms with E-state index in [-0.39, 0.29) is 20.1 Å². The van der Waals surface area contributed by atoms with E-state index in [9.17, 15) is 20.4 Å². The molecule has 0 unspecified atom stereocenters. The van der Waals surface area contributed by atoms with Gasteiger partial charge in [-0.2, -0.15) is 24.0 Å². The molecule has 1 radical (unpaired) electrons. The predicted molar refractivity (Wildman–Crippen MR) is 136 cm³/mol. The molecule has 1 aliphatic rings. The Morgan fingerprint density at radius 1 is 1.26 bits per heavy atom. The van der Waals surface area contributed by atoms with E-state index in [4.69, 9.17) is 0 Å². The zero-order chi connectivity index (χ0) is 23.6. The number of nitrogens with zero attached hydrogens (tertiary/aromatic N) is 5. The van der Waals surface area contributed by atoms with Gasteiger partial charge < -0.3 is 20.0 Å². The van der Waals surface area contributed by atoms with Gasteiger partial charge in [0.2, 0.25) is 5.95 Å². The molecular formula is C24H22BN6O2S. The van der Waals surface area contributed by atoms with Crippen molar-refractivity contribution in [1.29, 1.82) is 10.5 Å². The van der Waals surface area contributed by atoms with E-state index in [1.807, 2.05) is 26.0 Å². The van der Waals surface area contributed by atoms with Crippen LogP contribution in [-0.2, 0) is 10.2 Å². The van der Waals surface area contributed by atoms with Gasteiger partial charge in [0.25, 0.3) is 0 Å². The molecular weight excluding hydrogens is 447 g/mol. The summed E-state index contributed by atoms with van der Waals surface area (Å²) in [5.41, 5.74) is 4.65. The Morgan fingerprint density at radius 3 is 2.74 bits per heavy atom. The molecule has 10 heteroatoms. The number of nitrogens with one attached hydrogen (secondary N) is 1. The van der Waals surface area contributed by atoms with Gasteiger partial charge in [0.05, 0.1) is 29.5 Å². The lowest BCUT2D eigenvalue weighted by atomic mass is 9.83. The molecule has 8 nitrogen and oxygen atoms in total. The van der Waals surface area contributed by atoms with Gasteiger partial charge in [-0.25, -0.2) is 9.97 Å². The second-order valence-corrected chi connectivity index (χ2v) is 8.20. The van der Waals surface area contributed by atoms with Crippen LogP contribution in [0.1, 0.15) is 29.2 Å². The van der Waals surface area contributed by atoms with Crippen molar-refractivity contribution in [2.24, 2.45) is 0 Å². The van der Waals surface area contributed by atoms with Crippen molar-refractivity contribution in [3.63, 3.8) is 0 Å². The van der Waals surface area contributed by atoms with Gasteiger partial charge >= 0.3 is 7.41 Å². The number of benzene rings is 2. The number of aliphatic hydroxyl groups excluding tert-OH is 1. The number of aryl methyl sites for hydroxylation is 1. The Hall–Kier alpha value is -3.86. The monoisotopic (exact) mass is 469 g/mol. The average Bonchev–Trinajstić information content (AvgIpc) is 3.12. The van der Waals surface area contributed by atoms with Crippen molar-refractivity contribution >= 4 is 44.4 Å². The number of anilines is 3. The first-order chi connectivity index (χ1) is 15.9. The number of aromatic nitrogens is 2. The molecule has 0 amide bonds. The molecule has 2 N–H and O–H groups in total. The van der Waals surface area contributed by atoms with Crippen LogP contribution in [0.3, 0.4) is 0 Å². The van der Waals surface area contributed by atoms with E-state index in [1.54, 1.807) is 35.3 Å². The summed E-state index contributed by atoms with van der Waals surface area (Å²) >= 11 is 0. The van der Waals surface area contributed by atoms with E-state index in [0.717, 1.165) is 16.8 Å². The minimum Gasteiger partial charge on any atom is -0.410 e. The van der Waals surface area contributed by atoms with Crippen LogP contribution in [0.2, 0.25) is 0 Å². The lowest BCUT2D eigenvalue weighted by molar-refractivity contribution is 0.217. The number of rotatable bonds is 6. The maximum atomic E-state index is 11.1. The quantitative estimate of drug-likeness (QED) is 0.417. The molecule has 0 aliphatic carbocycles. The summed E-state index contributed by atoms with van der Waals surface area (Å²) in [7, 11) is 1.38. The first-order valence-corrected chi connectivity index (χ1v) is 10.3. The number of carbonyl (C=O) groups excluding carboxylic acids is 1. The summed E-state index contributed by atoms with van der Waals surface area (Å²) in [4.78, 5) is 21.7. The number of fused-ring (bicyclic) bond motifs is 1. The molecule has 0 fully saturated rings. The number of hydrogen-bond donors (Lipinski definition) is 2. The fraction of sp³-hybridized carbons (Fsp3) is 0.208. The Bertz CT molecular complexity index is 1340. The molecule has 0 saturated carbocycles. The summed E-state index contributed by atoms with van der Waals surface area (Å²) in [6.45, 7) is 4.07. The number of carbonyl (C=O) groups is 1. The number of nitriles is 2. The van der Waals surface area contributed by atoms with E-state index in [0.29, 0.717) is 46.8 Å². The van der Waals surface area contributed by atoms with Gasteiger partial charge in [0.15, 0.2) is 0 Å². The highest BCUT2D eigenvalue weighted by molar-refractivity contribution is 7.59. The van der Waals surface area contributed by atoms with E-state index >= 15 is 0 Å². The smallest absolute Gasteiger partial charge is 0.329 e. The third-order valence-electron chi connectivity index (χ3n) is 5.84. The Kier molecular flexibility index (Phi) is 7.26. The second kappa shape index (κ2) is 9.96. The highest BCUT2D eigenvalue weighted by Crippen LogP contribution is 2.44. The summed E-state index contributed by atoms with van der Waals surface area (Å²) in [6.07, 6.45) is 2.29. The first kappa shape index (κ1) is 24.8. The SMILES string of the molecule is Cc1ccc(C#N)cc1Nc1nccc(-c2cc(C#N)c3c(c2)[C@](C)(CO)CN3[B]C=O)n1.S. The van der Waals surface area contributed by atoms with Crippen molar-refractivity contribution in [2.45, 2.75) is 19.3 Å². The fourth-order valence-corrected chi connectivity index (χ4v) is 4.04. The molecule has 34 heavy (non-hydrogen) atoms. The number of hydrogen-bond acceptors (Lipinski definition) is 8. The molecule has 2 aromatic carbocycles. The van der Waals surface area contributed by atoms with Gasteiger partial charge in [-0.15, -0.1) is 0 Å². The minimum absolute atomic E-state index is 0. The zero-order valence-corrected chi connectivity index (χ0v) is 19.7. The van der Waals surface area contributed by atoms with Crippen LogP contribution in [0.4, 0.5) is 17.3 Å². The molecule has 0 saturated heterocycles. The highest BCUT2D eigenvalue weighted by atomic mass is 32.1. The van der Waals surface area contributed by atoms with Gasteiger partial charge in [-0.05, 0) is 48.4 Å². The van der Waals surface area contributed by atoms with Crippen molar-refractivity contribution in [1.82, 2.24) is 9.97 Å². The molecule has 4 rings (SSSR count). The molecule has 2 heterocycles.